The average molecular weight is 278 g/mol. The van der Waals surface area contributed by atoms with E-state index in [0.29, 0.717) is 5.92 Å². The molecule has 2 heteroatoms. The van der Waals surface area contributed by atoms with Gasteiger partial charge in [-0.1, -0.05) is 26.0 Å². The van der Waals surface area contributed by atoms with Crippen molar-refractivity contribution in [1.82, 2.24) is 9.13 Å². The first-order valence-electron chi connectivity index (χ1n) is 7.48. The molecule has 0 saturated carbocycles. The second kappa shape index (κ2) is 5.28. The summed E-state index contributed by atoms with van der Waals surface area (Å²) >= 11 is 0. The molecule has 0 radical (unpaired) electrons. The van der Waals surface area contributed by atoms with Crippen molar-refractivity contribution in [1.29, 1.82) is 0 Å². The first-order chi connectivity index (χ1) is 10.1. The molecule has 3 aromatic rings. The molecule has 0 N–H and O–H groups in total. The Morgan fingerprint density at radius 3 is 2.14 bits per heavy atom. The molecule has 0 bridgehead atoms. The summed E-state index contributed by atoms with van der Waals surface area (Å²) < 4.78 is 4.48. The Bertz CT molecular complexity index is 742. The molecule has 0 atom stereocenters. The van der Waals surface area contributed by atoms with E-state index in [9.17, 15) is 0 Å². The number of aromatic nitrogens is 2. The number of rotatable bonds is 3. The smallest absolute Gasteiger partial charge is 0.0696 e. The van der Waals surface area contributed by atoms with Gasteiger partial charge in [-0.05, 0) is 54.8 Å². The van der Waals surface area contributed by atoms with E-state index in [4.69, 9.17) is 0 Å². The van der Waals surface area contributed by atoms with E-state index >= 15 is 0 Å². The molecule has 0 aliphatic heterocycles. The maximum atomic E-state index is 2.32. The van der Waals surface area contributed by atoms with Crippen LogP contribution < -0.4 is 0 Å². The van der Waals surface area contributed by atoms with Crippen LogP contribution in [-0.4, -0.2) is 9.13 Å². The average Bonchev–Trinajstić information content (AvgIpc) is 3.04. The van der Waals surface area contributed by atoms with Crippen molar-refractivity contribution in [3.63, 3.8) is 0 Å². The zero-order chi connectivity index (χ0) is 15.0. The molecule has 0 aliphatic rings. The number of hydrogen-bond acceptors (Lipinski definition) is 0. The Hall–Kier alpha value is -2.22. The lowest BCUT2D eigenvalue weighted by Crippen LogP contribution is -2.01. The zero-order valence-electron chi connectivity index (χ0n) is 13.2. The van der Waals surface area contributed by atoms with Gasteiger partial charge in [-0.3, -0.25) is 0 Å². The molecule has 2 heterocycles. The van der Waals surface area contributed by atoms with Gasteiger partial charge in [0.1, 0.15) is 0 Å². The summed E-state index contributed by atoms with van der Waals surface area (Å²) in [7, 11) is 2.09. The van der Waals surface area contributed by atoms with Gasteiger partial charge in [0.2, 0.25) is 0 Å². The van der Waals surface area contributed by atoms with Gasteiger partial charge in [0.05, 0.1) is 11.4 Å². The Kier molecular flexibility index (Phi) is 3.46. The topological polar surface area (TPSA) is 9.86 Å². The summed E-state index contributed by atoms with van der Waals surface area (Å²) in [4.78, 5) is 0. The lowest BCUT2D eigenvalue weighted by atomic mass is 10.0. The van der Waals surface area contributed by atoms with Gasteiger partial charge in [0.15, 0.2) is 0 Å². The van der Waals surface area contributed by atoms with E-state index in [1.54, 1.807) is 0 Å². The highest BCUT2D eigenvalue weighted by atomic mass is 15.0. The predicted octanol–water partition coefficient (Wildman–Crippen LogP) is 4.91. The van der Waals surface area contributed by atoms with Crippen molar-refractivity contribution in [2.75, 3.05) is 0 Å². The summed E-state index contributed by atoms with van der Waals surface area (Å²) in [6.45, 7) is 6.61. The largest absolute Gasteiger partial charge is 0.349 e. The minimum Gasteiger partial charge on any atom is -0.349 e. The highest BCUT2D eigenvalue weighted by Crippen LogP contribution is 2.27. The second-order valence-corrected chi connectivity index (χ2v) is 5.95. The fourth-order valence-corrected chi connectivity index (χ4v) is 2.82. The van der Waals surface area contributed by atoms with Crippen LogP contribution in [0.5, 0.6) is 0 Å². The van der Waals surface area contributed by atoms with Crippen LogP contribution in [0.3, 0.4) is 0 Å². The molecule has 0 spiro atoms. The van der Waals surface area contributed by atoms with Gasteiger partial charge in [0.25, 0.3) is 0 Å². The summed E-state index contributed by atoms with van der Waals surface area (Å²) in [6.07, 6.45) is 2.09. The fourth-order valence-electron chi connectivity index (χ4n) is 2.82. The third kappa shape index (κ3) is 2.42. The number of hydrogen-bond donors (Lipinski definition) is 0. The van der Waals surface area contributed by atoms with Crippen molar-refractivity contribution in [2.45, 2.75) is 26.7 Å². The molecule has 0 fully saturated rings. The van der Waals surface area contributed by atoms with Crippen molar-refractivity contribution < 1.29 is 0 Å². The Morgan fingerprint density at radius 2 is 1.57 bits per heavy atom. The van der Waals surface area contributed by atoms with Crippen LogP contribution in [0.2, 0.25) is 0 Å². The molecule has 2 nitrogen and oxygen atoms in total. The maximum Gasteiger partial charge on any atom is 0.0696 e. The van der Waals surface area contributed by atoms with Crippen molar-refractivity contribution in [2.24, 2.45) is 7.05 Å². The molecule has 0 saturated heterocycles. The summed E-state index contributed by atoms with van der Waals surface area (Å²) in [5.74, 6) is 0.567. The predicted molar refractivity (Wildman–Crippen MR) is 89.0 cm³/mol. The maximum absolute atomic E-state index is 2.32. The molecule has 0 aliphatic carbocycles. The molecule has 21 heavy (non-hydrogen) atoms. The lowest BCUT2D eigenvalue weighted by Gasteiger charge is -2.14. The zero-order valence-corrected chi connectivity index (χ0v) is 13.2. The first kappa shape index (κ1) is 13.7. The number of nitrogens with zero attached hydrogens (tertiary/aromatic N) is 2. The van der Waals surface area contributed by atoms with Crippen LogP contribution in [0.15, 0.2) is 54.7 Å². The highest BCUT2D eigenvalue weighted by molar-refractivity contribution is 5.61. The number of aryl methyl sites for hydroxylation is 2. The van der Waals surface area contributed by atoms with Gasteiger partial charge in [-0.25, -0.2) is 0 Å². The van der Waals surface area contributed by atoms with Gasteiger partial charge in [0, 0.05) is 24.6 Å². The number of benzene rings is 1. The Balaban J connectivity index is 2.10. The monoisotopic (exact) mass is 278 g/mol. The van der Waals surface area contributed by atoms with E-state index < -0.39 is 0 Å². The molecule has 3 rings (SSSR count). The van der Waals surface area contributed by atoms with Crippen molar-refractivity contribution >= 4 is 0 Å². The Morgan fingerprint density at radius 1 is 0.857 bits per heavy atom. The van der Waals surface area contributed by atoms with Crippen molar-refractivity contribution in [3.8, 4) is 17.1 Å². The quantitative estimate of drug-likeness (QED) is 0.644. The third-order valence-electron chi connectivity index (χ3n) is 4.10. The summed E-state index contributed by atoms with van der Waals surface area (Å²) in [5.41, 5.74) is 6.32. The SMILES string of the molecule is Cc1ccc(-c2cccn2C)n1-c1ccc(C(C)C)cc1. The molecular weight excluding hydrogens is 256 g/mol. The van der Waals surface area contributed by atoms with Gasteiger partial charge in [-0.15, -0.1) is 0 Å². The van der Waals surface area contributed by atoms with E-state index in [1.807, 2.05) is 0 Å². The van der Waals surface area contributed by atoms with E-state index in [-0.39, 0.29) is 0 Å². The van der Waals surface area contributed by atoms with E-state index in [1.165, 1.54) is 28.3 Å². The van der Waals surface area contributed by atoms with Crippen LogP contribution in [0.4, 0.5) is 0 Å². The van der Waals surface area contributed by atoms with Crippen LogP contribution in [0, 0.1) is 6.92 Å². The summed E-state index contributed by atoms with van der Waals surface area (Å²) in [6, 6.07) is 17.5. The highest BCUT2D eigenvalue weighted by Gasteiger charge is 2.11. The normalized spacial score (nSPS) is 11.3. The molecule has 0 unspecified atom stereocenters. The molecule has 1 aromatic carbocycles. The van der Waals surface area contributed by atoms with E-state index in [0.717, 1.165) is 0 Å². The molecule has 0 amide bonds. The van der Waals surface area contributed by atoms with Crippen molar-refractivity contribution in [3.05, 3.63) is 66.0 Å². The van der Waals surface area contributed by atoms with Crippen LogP contribution in [0.25, 0.3) is 17.1 Å². The van der Waals surface area contributed by atoms with Gasteiger partial charge < -0.3 is 9.13 Å². The van der Waals surface area contributed by atoms with Crippen LogP contribution >= 0.6 is 0 Å². The third-order valence-corrected chi connectivity index (χ3v) is 4.10. The van der Waals surface area contributed by atoms with Gasteiger partial charge in [-0.2, -0.15) is 0 Å². The van der Waals surface area contributed by atoms with Crippen LogP contribution in [-0.2, 0) is 7.05 Å². The molecule has 108 valence electrons. The van der Waals surface area contributed by atoms with E-state index in [2.05, 4.69) is 91.7 Å². The molecule has 2 aromatic heterocycles. The molecular formula is C19H22N2. The standard InChI is InChI=1S/C19H22N2/c1-14(2)16-8-10-17(11-9-16)21-15(3)7-12-19(21)18-6-5-13-20(18)4/h5-14H,1-4H3. The first-order valence-corrected chi connectivity index (χ1v) is 7.48. The minimum absolute atomic E-state index is 0.567. The van der Waals surface area contributed by atoms with Gasteiger partial charge >= 0.3 is 0 Å². The summed E-state index contributed by atoms with van der Waals surface area (Å²) in [5, 5.41) is 0. The Labute approximate surface area is 126 Å². The van der Waals surface area contributed by atoms with Crippen LogP contribution in [0.1, 0.15) is 31.0 Å². The lowest BCUT2D eigenvalue weighted by molar-refractivity contribution is 0.864. The second-order valence-electron chi connectivity index (χ2n) is 5.95. The fraction of sp³-hybridized carbons (Fsp3) is 0.263. The minimum atomic E-state index is 0.567.